The van der Waals surface area contributed by atoms with Crippen LogP contribution in [0.2, 0.25) is 0 Å². The number of rotatable bonds is 5. The molecule has 0 unspecified atom stereocenters. The predicted molar refractivity (Wildman–Crippen MR) is 110 cm³/mol. The van der Waals surface area contributed by atoms with E-state index in [0.717, 1.165) is 16.8 Å². The molecule has 1 saturated heterocycles. The number of amidine groups is 1. The molecule has 0 radical (unpaired) electrons. The molecule has 3 rings (SSSR count). The summed E-state index contributed by atoms with van der Waals surface area (Å²) in [5.41, 5.74) is 4.46. The first-order chi connectivity index (χ1) is 12.5. The van der Waals surface area contributed by atoms with E-state index in [1.807, 2.05) is 43.3 Å². The molecule has 2 aromatic carbocycles. The Morgan fingerprint density at radius 1 is 1.12 bits per heavy atom. The molecule has 0 bridgehead atoms. The van der Waals surface area contributed by atoms with Gasteiger partial charge in [-0.3, -0.25) is 4.79 Å². The summed E-state index contributed by atoms with van der Waals surface area (Å²) in [7, 11) is 4.00. The zero-order valence-electron chi connectivity index (χ0n) is 15.1. The second-order valence-corrected chi connectivity index (χ2v) is 7.61. The molecule has 1 aliphatic rings. The van der Waals surface area contributed by atoms with Gasteiger partial charge in [-0.1, -0.05) is 53.7 Å². The first-order valence-corrected chi connectivity index (χ1v) is 9.31. The Balaban J connectivity index is 1.59. The molecule has 5 nitrogen and oxygen atoms in total. The van der Waals surface area contributed by atoms with Crippen LogP contribution >= 0.6 is 11.8 Å². The number of aryl methyl sites for hydroxylation is 1. The molecule has 0 saturated carbocycles. The third-order valence-corrected chi connectivity index (χ3v) is 5.16. The standard InChI is InChI=1S/C20H22N4OS/c1-14-4-6-15(7-5-14)12-18-19(25)22-20(26-18)23-21-13-16-8-10-17(11-9-16)24(2)3/h4-11,13,18H,12H2,1-3H3,(H,22,23,25)/t18-/m1/s1. The Labute approximate surface area is 158 Å². The quantitative estimate of drug-likeness (QED) is 0.653. The normalized spacial score (nSPS) is 18.5. The maximum absolute atomic E-state index is 12.1. The van der Waals surface area contributed by atoms with E-state index in [2.05, 4.69) is 46.7 Å². The lowest BCUT2D eigenvalue weighted by atomic mass is 10.1. The van der Waals surface area contributed by atoms with Crippen molar-refractivity contribution in [3.05, 3.63) is 65.2 Å². The van der Waals surface area contributed by atoms with E-state index >= 15 is 0 Å². The van der Waals surface area contributed by atoms with Gasteiger partial charge in [-0.2, -0.15) is 5.10 Å². The minimum absolute atomic E-state index is 0.0140. The van der Waals surface area contributed by atoms with Gasteiger partial charge in [0.2, 0.25) is 5.91 Å². The summed E-state index contributed by atoms with van der Waals surface area (Å²) in [6, 6.07) is 16.3. The molecule has 1 aliphatic heterocycles. The smallest absolute Gasteiger partial charge is 0.239 e. The third-order valence-electron chi connectivity index (χ3n) is 4.08. The molecule has 134 valence electrons. The fraction of sp³-hybridized carbons (Fsp3) is 0.250. The highest BCUT2D eigenvalue weighted by atomic mass is 32.2. The minimum atomic E-state index is -0.161. The van der Waals surface area contributed by atoms with Gasteiger partial charge >= 0.3 is 0 Å². The van der Waals surface area contributed by atoms with E-state index in [4.69, 9.17) is 0 Å². The average Bonchev–Trinajstić information content (AvgIpc) is 2.97. The number of benzene rings is 2. The lowest BCUT2D eigenvalue weighted by Crippen LogP contribution is -2.25. The molecule has 1 atom stereocenters. The van der Waals surface area contributed by atoms with Gasteiger partial charge in [-0.25, -0.2) is 0 Å². The van der Waals surface area contributed by atoms with E-state index in [-0.39, 0.29) is 11.2 Å². The molecule has 1 heterocycles. The highest BCUT2D eigenvalue weighted by molar-refractivity contribution is 8.15. The lowest BCUT2D eigenvalue weighted by molar-refractivity contribution is -0.118. The Morgan fingerprint density at radius 3 is 2.46 bits per heavy atom. The van der Waals surface area contributed by atoms with Crippen LogP contribution in [0, 0.1) is 6.92 Å². The summed E-state index contributed by atoms with van der Waals surface area (Å²) in [4.78, 5) is 14.2. The molecule has 1 fully saturated rings. The SMILES string of the molecule is Cc1ccc(C[C@H]2S/C(=N/N=Cc3ccc(N(C)C)cc3)NC2=O)cc1. The number of nitrogens with zero attached hydrogens (tertiary/aromatic N) is 3. The molecule has 1 amide bonds. The first kappa shape index (κ1) is 18.2. The average molecular weight is 366 g/mol. The monoisotopic (exact) mass is 366 g/mol. The molecule has 0 spiro atoms. The van der Waals surface area contributed by atoms with Crippen LogP contribution in [0.3, 0.4) is 0 Å². The van der Waals surface area contributed by atoms with Crippen LogP contribution in [0.4, 0.5) is 5.69 Å². The molecular formula is C20H22N4OS. The van der Waals surface area contributed by atoms with Crippen LogP contribution in [0.5, 0.6) is 0 Å². The van der Waals surface area contributed by atoms with Crippen LogP contribution in [0.25, 0.3) is 0 Å². The Kier molecular flexibility index (Phi) is 5.73. The second-order valence-electron chi connectivity index (χ2n) is 6.42. The molecule has 6 heteroatoms. The topological polar surface area (TPSA) is 57.1 Å². The number of hydrogen-bond donors (Lipinski definition) is 1. The zero-order valence-corrected chi connectivity index (χ0v) is 16.0. The Morgan fingerprint density at radius 2 is 1.81 bits per heavy atom. The van der Waals surface area contributed by atoms with Gasteiger partial charge in [0.1, 0.15) is 0 Å². The zero-order chi connectivity index (χ0) is 18.5. The van der Waals surface area contributed by atoms with Gasteiger partial charge in [-0.05, 0) is 36.6 Å². The largest absolute Gasteiger partial charge is 0.378 e. The summed E-state index contributed by atoms with van der Waals surface area (Å²) < 4.78 is 0. The molecule has 0 aromatic heterocycles. The molecular weight excluding hydrogens is 344 g/mol. The lowest BCUT2D eigenvalue weighted by Gasteiger charge is -2.11. The Bertz CT molecular complexity index is 826. The molecule has 2 aromatic rings. The third kappa shape index (κ3) is 4.73. The van der Waals surface area contributed by atoms with Crippen LogP contribution in [-0.2, 0) is 11.2 Å². The van der Waals surface area contributed by atoms with Crippen molar-refractivity contribution in [2.75, 3.05) is 19.0 Å². The summed E-state index contributed by atoms with van der Waals surface area (Å²) in [6.45, 7) is 2.05. The van der Waals surface area contributed by atoms with Crippen LogP contribution in [-0.4, -0.2) is 36.6 Å². The van der Waals surface area contributed by atoms with Crippen LogP contribution in [0.1, 0.15) is 16.7 Å². The number of anilines is 1. The van der Waals surface area contributed by atoms with Gasteiger partial charge in [-0.15, -0.1) is 5.10 Å². The van der Waals surface area contributed by atoms with Crippen molar-refractivity contribution in [3.63, 3.8) is 0 Å². The number of carbonyl (C=O) groups excluding carboxylic acids is 1. The van der Waals surface area contributed by atoms with Crippen molar-refractivity contribution in [2.24, 2.45) is 10.2 Å². The number of thioether (sulfide) groups is 1. The van der Waals surface area contributed by atoms with Crippen LogP contribution < -0.4 is 10.2 Å². The van der Waals surface area contributed by atoms with Crippen molar-refractivity contribution in [2.45, 2.75) is 18.6 Å². The van der Waals surface area contributed by atoms with E-state index in [9.17, 15) is 4.79 Å². The van der Waals surface area contributed by atoms with Gasteiger partial charge in [0.05, 0.1) is 11.5 Å². The number of carbonyl (C=O) groups is 1. The van der Waals surface area contributed by atoms with Crippen molar-refractivity contribution in [1.29, 1.82) is 0 Å². The molecule has 1 N–H and O–H groups in total. The fourth-order valence-corrected chi connectivity index (χ4v) is 3.50. The molecule has 0 aliphatic carbocycles. The van der Waals surface area contributed by atoms with E-state index in [1.54, 1.807) is 6.21 Å². The maximum atomic E-state index is 12.1. The second kappa shape index (κ2) is 8.19. The Hall–Kier alpha value is -2.60. The summed E-state index contributed by atoms with van der Waals surface area (Å²) in [5, 5.41) is 11.4. The number of nitrogens with one attached hydrogen (secondary N) is 1. The highest BCUT2D eigenvalue weighted by Crippen LogP contribution is 2.23. The first-order valence-electron chi connectivity index (χ1n) is 8.43. The fourth-order valence-electron chi connectivity index (χ4n) is 2.53. The van der Waals surface area contributed by atoms with Gasteiger partial charge in [0.15, 0.2) is 5.17 Å². The van der Waals surface area contributed by atoms with Crippen molar-refractivity contribution in [1.82, 2.24) is 5.32 Å². The number of hydrogen-bond acceptors (Lipinski definition) is 5. The highest BCUT2D eigenvalue weighted by Gasteiger charge is 2.30. The van der Waals surface area contributed by atoms with E-state index < -0.39 is 0 Å². The predicted octanol–water partition coefficient (Wildman–Crippen LogP) is 3.23. The summed E-state index contributed by atoms with van der Waals surface area (Å²) in [6.07, 6.45) is 2.37. The van der Waals surface area contributed by atoms with Crippen molar-refractivity contribution < 1.29 is 4.79 Å². The summed E-state index contributed by atoms with van der Waals surface area (Å²) in [5.74, 6) is -0.0140. The molecule has 26 heavy (non-hydrogen) atoms. The van der Waals surface area contributed by atoms with Crippen molar-refractivity contribution >= 4 is 34.7 Å². The summed E-state index contributed by atoms with van der Waals surface area (Å²) >= 11 is 1.43. The number of amides is 1. The van der Waals surface area contributed by atoms with E-state index in [0.29, 0.717) is 11.6 Å². The maximum Gasteiger partial charge on any atom is 0.239 e. The van der Waals surface area contributed by atoms with Gasteiger partial charge < -0.3 is 10.2 Å². The van der Waals surface area contributed by atoms with E-state index in [1.165, 1.54) is 17.3 Å². The van der Waals surface area contributed by atoms with Crippen molar-refractivity contribution in [3.8, 4) is 0 Å². The minimum Gasteiger partial charge on any atom is -0.378 e. The van der Waals surface area contributed by atoms with Gasteiger partial charge in [0, 0.05) is 19.8 Å². The van der Waals surface area contributed by atoms with Gasteiger partial charge in [0.25, 0.3) is 0 Å². The van der Waals surface area contributed by atoms with Crippen LogP contribution in [0.15, 0.2) is 58.7 Å².